The van der Waals surface area contributed by atoms with Crippen LogP contribution in [0, 0.1) is 0 Å². The second kappa shape index (κ2) is 2.31. The minimum Gasteiger partial charge on any atom is -0.240 e. The van der Waals surface area contributed by atoms with Gasteiger partial charge in [0.15, 0.2) is 0 Å². The highest BCUT2D eigenvalue weighted by atomic mass is 15.0. The molecule has 0 aromatic rings. The zero-order chi connectivity index (χ0) is 5.82. The third-order valence-corrected chi connectivity index (χ3v) is 0.841. The molecule has 1 aliphatic rings. The Balaban J connectivity index is 2.39. The summed E-state index contributed by atoms with van der Waals surface area (Å²) in [6, 6.07) is 0. The largest absolute Gasteiger partial charge is 0.240 e. The molecule has 1 aliphatic heterocycles. The van der Waals surface area contributed by atoms with Gasteiger partial charge in [-0.25, -0.2) is 10.3 Å². The third kappa shape index (κ3) is 0.964. The molecular formula is C6H7N2. The van der Waals surface area contributed by atoms with Gasteiger partial charge in [-0.05, 0) is 0 Å². The SMILES string of the molecule is C=CCC1=NC=C[N]1. The van der Waals surface area contributed by atoms with Gasteiger partial charge < -0.3 is 0 Å². The van der Waals surface area contributed by atoms with Crippen molar-refractivity contribution in [2.24, 2.45) is 4.99 Å². The zero-order valence-corrected chi connectivity index (χ0v) is 4.54. The molecule has 0 aromatic heterocycles. The number of hydrogen-bond acceptors (Lipinski definition) is 1. The average molecular weight is 107 g/mol. The van der Waals surface area contributed by atoms with E-state index in [1.807, 2.05) is 0 Å². The molecule has 1 radical (unpaired) electrons. The fourth-order valence-corrected chi connectivity index (χ4v) is 0.507. The van der Waals surface area contributed by atoms with Crippen molar-refractivity contribution in [3.05, 3.63) is 25.1 Å². The van der Waals surface area contributed by atoms with Gasteiger partial charge in [-0.2, -0.15) is 0 Å². The van der Waals surface area contributed by atoms with Crippen LogP contribution >= 0.6 is 0 Å². The average Bonchev–Trinajstić information content (AvgIpc) is 2.19. The van der Waals surface area contributed by atoms with E-state index in [0.717, 1.165) is 12.3 Å². The van der Waals surface area contributed by atoms with E-state index < -0.39 is 0 Å². The fourth-order valence-electron chi connectivity index (χ4n) is 0.507. The minimum atomic E-state index is 0.771. The summed E-state index contributed by atoms with van der Waals surface area (Å²) in [5.74, 6) is 0.847. The first-order valence-corrected chi connectivity index (χ1v) is 2.47. The second-order valence-electron chi connectivity index (χ2n) is 1.47. The van der Waals surface area contributed by atoms with Gasteiger partial charge in [0.2, 0.25) is 0 Å². The van der Waals surface area contributed by atoms with Gasteiger partial charge in [0.25, 0.3) is 0 Å². The topological polar surface area (TPSA) is 26.5 Å². The molecule has 0 unspecified atom stereocenters. The Hall–Kier alpha value is -1.05. The van der Waals surface area contributed by atoms with Crippen molar-refractivity contribution >= 4 is 5.84 Å². The van der Waals surface area contributed by atoms with Gasteiger partial charge in [-0.15, -0.1) is 6.58 Å². The van der Waals surface area contributed by atoms with Crippen LogP contribution in [0.15, 0.2) is 30.0 Å². The predicted octanol–water partition coefficient (Wildman–Crippen LogP) is 1.05. The first kappa shape index (κ1) is 5.09. The van der Waals surface area contributed by atoms with Crippen LogP contribution < -0.4 is 5.32 Å². The van der Waals surface area contributed by atoms with Crippen LogP contribution in [-0.2, 0) is 0 Å². The number of hydrogen-bond donors (Lipinski definition) is 0. The summed E-state index contributed by atoms with van der Waals surface area (Å²) in [6.45, 7) is 3.56. The molecule has 2 nitrogen and oxygen atoms in total. The van der Waals surface area contributed by atoms with Crippen molar-refractivity contribution in [3.63, 3.8) is 0 Å². The highest BCUT2D eigenvalue weighted by Gasteiger charge is 1.96. The molecule has 41 valence electrons. The molecule has 0 aliphatic carbocycles. The maximum absolute atomic E-state index is 3.92. The highest BCUT2D eigenvalue weighted by molar-refractivity contribution is 5.86. The van der Waals surface area contributed by atoms with Gasteiger partial charge >= 0.3 is 0 Å². The van der Waals surface area contributed by atoms with Crippen molar-refractivity contribution in [2.75, 3.05) is 0 Å². The Morgan fingerprint density at radius 2 is 2.50 bits per heavy atom. The van der Waals surface area contributed by atoms with Crippen molar-refractivity contribution in [3.8, 4) is 0 Å². The number of nitrogens with zero attached hydrogens (tertiary/aromatic N) is 2. The van der Waals surface area contributed by atoms with E-state index >= 15 is 0 Å². The first-order valence-electron chi connectivity index (χ1n) is 2.47. The van der Waals surface area contributed by atoms with Gasteiger partial charge in [-0.3, -0.25) is 0 Å². The summed E-state index contributed by atoms with van der Waals surface area (Å²) in [4.78, 5) is 3.92. The molecule has 0 saturated carbocycles. The van der Waals surface area contributed by atoms with Crippen molar-refractivity contribution in [1.82, 2.24) is 5.32 Å². The lowest BCUT2D eigenvalue weighted by Gasteiger charge is -1.88. The van der Waals surface area contributed by atoms with Gasteiger partial charge in [-0.1, -0.05) is 6.08 Å². The molecule has 0 N–H and O–H groups in total. The quantitative estimate of drug-likeness (QED) is 0.471. The number of aliphatic imine (C=N–C) groups is 1. The molecule has 0 spiro atoms. The molecule has 1 heterocycles. The molecule has 1 rings (SSSR count). The molecule has 0 saturated heterocycles. The molecule has 2 heteroatoms. The van der Waals surface area contributed by atoms with Crippen LogP contribution in [0.25, 0.3) is 0 Å². The second-order valence-corrected chi connectivity index (χ2v) is 1.47. The monoisotopic (exact) mass is 107 g/mol. The summed E-state index contributed by atoms with van der Waals surface area (Å²) in [5, 5.41) is 3.92. The maximum atomic E-state index is 3.92. The van der Waals surface area contributed by atoms with Crippen LogP contribution in [0.1, 0.15) is 6.42 Å². The standard InChI is InChI=1S/C6H7N2/c1-2-3-6-7-4-5-8-6/h2,4-5H,1,3H2. The fraction of sp³-hybridized carbons (Fsp3) is 0.167. The molecule has 0 fully saturated rings. The van der Waals surface area contributed by atoms with Gasteiger partial charge in [0, 0.05) is 18.8 Å². The molecule has 8 heavy (non-hydrogen) atoms. The summed E-state index contributed by atoms with van der Waals surface area (Å²) < 4.78 is 0. The molecule has 0 atom stereocenters. The highest BCUT2D eigenvalue weighted by Crippen LogP contribution is 1.93. The minimum absolute atomic E-state index is 0.771. The Morgan fingerprint density at radius 1 is 1.62 bits per heavy atom. The van der Waals surface area contributed by atoms with Gasteiger partial charge in [0.05, 0.1) is 0 Å². The van der Waals surface area contributed by atoms with E-state index in [4.69, 9.17) is 0 Å². The van der Waals surface area contributed by atoms with Gasteiger partial charge in [0.1, 0.15) is 5.84 Å². The molecule has 0 bridgehead atoms. The summed E-state index contributed by atoms with van der Waals surface area (Å²) in [7, 11) is 0. The number of rotatable bonds is 2. The maximum Gasteiger partial charge on any atom is 0.132 e. The van der Waals surface area contributed by atoms with E-state index in [-0.39, 0.29) is 0 Å². The van der Waals surface area contributed by atoms with E-state index in [9.17, 15) is 0 Å². The van der Waals surface area contributed by atoms with E-state index in [1.165, 1.54) is 0 Å². The van der Waals surface area contributed by atoms with Crippen LogP contribution in [0.4, 0.5) is 0 Å². The van der Waals surface area contributed by atoms with Crippen molar-refractivity contribution in [1.29, 1.82) is 0 Å². The van der Waals surface area contributed by atoms with Crippen molar-refractivity contribution in [2.45, 2.75) is 6.42 Å². The van der Waals surface area contributed by atoms with Crippen LogP contribution in [0.5, 0.6) is 0 Å². The first-order chi connectivity index (χ1) is 3.93. The van der Waals surface area contributed by atoms with Crippen LogP contribution in [0.3, 0.4) is 0 Å². The normalized spacial score (nSPS) is 15.2. The molecule has 0 aromatic carbocycles. The lowest BCUT2D eigenvalue weighted by Crippen LogP contribution is -2.03. The van der Waals surface area contributed by atoms with Crippen LogP contribution in [-0.4, -0.2) is 5.84 Å². The Kier molecular flexibility index (Phi) is 1.47. The lowest BCUT2D eigenvalue weighted by atomic mass is 10.4. The summed E-state index contributed by atoms with van der Waals surface area (Å²) in [6.07, 6.45) is 5.92. The summed E-state index contributed by atoms with van der Waals surface area (Å²) >= 11 is 0. The van der Waals surface area contributed by atoms with E-state index in [0.29, 0.717) is 0 Å². The Bertz CT molecular complexity index is 145. The zero-order valence-electron chi connectivity index (χ0n) is 4.54. The van der Waals surface area contributed by atoms with E-state index in [1.54, 1.807) is 18.5 Å². The third-order valence-electron chi connectivity index (χ3n) is 0.841. The summed E-state index contributed by atoms with van der Waals surface area (Å²) in [5.41, 5.74) is 0. The van der Waals surface area contributed by atoms with Crippen molar-refractivity contribution < 1.29 is 0 Å². The Morgan fingerprint density at radius 3 is 3.00 bits per heavy atom. The molecule has 0 amide bonds. The smallest absolute Gasteiger partial charge is 0.132 e. The predicted molar refractivity (Wildman–Crippen MR) is 33.5 cm³/mol. The van der Waals surface area contributed by atoms with Crippen LogP contribution in [0.2, 0.25) is 0 Å². The molecular weight excluding hydrogens is 100 g/mol. The number of amidine groups is 1. The Labute approximate surface area is 48.6 Å². The lowest BCUT2D eigenvalue weighted by molar-refractivity contribution is 1.22. The van der Waals surface area contributed by atoms with E-state index in [2.05, 4.69) is 16.9 Å².